The minimum absolute atomic E-state index is 0.0848. The molecule has 1 N–H and O–H groups in total. The van der Waals surface area contributed by atoms with E-state index in [9.17, 15) is 9.59 Å². The summed E-state index contributed by atoms with van der Waals surface area (Å²) in [5.74, 6) is -0.383. The molecular weight excluding hydrogens is 332 g/mol. The molecule has 138 valence electrons. The van der Waals surface area contributed by atoms with Crippen molar-refractivity contribution in [1.82, 2.24) is 9.88 Å². The molecule has 26 heavy (non-hydrogen) atoms. The number of fused-ring (bicyclic) bond motifs is 1. The van der Waals surface area contributed by atoms with Gasteiger partial charge in [0.05, 0.1) is 13.2 Å². The Morgan fingerprint density at radius 1 is 1.19 bits per heavy atom. The number of ether oxygens (including phenoxy) is 2. The molecule has 0 bridgehead atoms. The first-order chi connectivity index (χ1) is 12.5. The number of amides is 1. The number of aryl methyl sites for hydroxylation is 2. The van der Waals surface area contributed by atoms with E-state index in [0.717, 1.165) is 16.5 Å². The van der Waals surface area contributed by atoms with Gasteiger partial charge in [0.2, 0.25) is 5.91 Å². The quantitative estimate of drug-likeness (QED) is 0.915. The average molecular weight is 356 g/mol. The topological polar surface area (TPSA) is 71.6 Å². The Hall–Kier alpha value is -2.18. The molecule has 0 unspecified atom stereocenters. The Balaban J connectivity index is 1.39. The molecule has 2 aliphatic rings. The molecule has 6 nitrogen and oxygen atoms in total. The van der Waals surface area contributed by atoms with E-state index in [2.05, 4.69) is 4.98 Å². The van der Waals surface area contributed by atoms with Gasteiger partial charge in [0, 0.05) is 43.4 Å². The number of aromatic nitrogens is 1. The van der Waals surface area contributed by atoms with Gasteiger partial charge < -0.3 is 19.4 Å². The number of H-pyrrole nitrogens is 1. The van der Waals surface area contributed by atoms with Crippen molar-refractivity contribution in [2.45, 2.75) is 38.4 Å². The van der Waals surface area contributed by atoms with Gasteiger partial charge in [-0.1, -0.05) is 11.6 Å². The van der Waals surface area contributed by atoms with Crippen molar-refractivity contribution >= 4 is 16.8 Å². The van der Waals surface area contributed by atoms with Gasteiger partial charge in [0.25, 0.3) is 5.56 Å². The van der Waals surface area contributed by atoms with Crippen molar-refractivity contribution in [3.05, 3.63) is 45.7 Å². The van der Waals surface area contributed by atoms with Gasteiger partial charge in [-0.15, -0.1) is 0 Å². The summed E-state index contributed by atoms with van der Waals surface area (Å²) in [4.78, 5) is 29.6. The number of nitrogens with one attached hydrogen (secondary N) is 1. The first-order valence-corrected chi connectivity index (χ1v) is 9.23. The molecule has 2 aromatic rings. The van der Waals surface area contributed by atoms with Crippen molar-refractivity contribution in [2.75, 3.05) is 26.3 Å². The van der Waals surface area contributed by atoms with Crippen LogP contribution in [0, 0.1) is 6.92 Å². The lowest BCUT2D eigenvalue weighted by atomic mass is 10.0. The molecule has 2 saturated heterocycles. The van der Waals surface area contributed by atoms with Crippen molar-refractivity contribution in [3.63, 3.8) is 0 Å². The summed E-state index contributed by atoms with van der Waals surface area (Å²) < 4.78 is 11.4. The smallest absolute Gasteiger partial charge is 0.251 e. The second-order valence-corrected chi connectivity index (χ2v) is 7.20. The number of rotatable bonds is 3. The van der Waals surface area contributed by atoms with Crippen molar-refractivity contribution in [1.29, 1.82) is 0 Å². The third-order valence-electron chi connectivity index (χ3n) is 5.38. The highest BCUT2D eigenvalue weighted by atomic mass is 16.7. The van der Waals surface area contributed by atoms with Crippen LogP contribution in [0.5, 0.6) is 0 Å². The Kier molecular flexibility index (Phi) is 4.54. The van der Waals surface area contributed by atoms with Crippen molar-refractivity contribution in [3.8, 4) is 0 Å². The van der Waals surface area contributed by atoms with Crippen LogP contribution in [0.3, 0.4) is 0 Å². The fourth-order valence-electron chi connectivity index (χ4n) is 3.84. The van der Waals surface area contributed by atoms with Crippen LogP contribution in [0.4, 0.5) is 0 Å². The highest BCUT2D eigenvalue weighted by Crippen LogP contribution is 2.31. The lowest BCUT2D eigenvalue weighted by molar-refractivity contribution is -0.187. The maximum atomic E-state index is 12.5. The van der Waals surface area contributed by atoms with Crippen LogP contribution < -0.4 is 5.56 Å². The molecule has 1 aromatic carbocycles. The number of carbonyl (C=O) groups excluding carboxylic acids is 1. The predicted molar refractivity (Wildman–Crippen MR) is 98.1 cm³/mol. The molecule has 0 atom stereocenters. The fourth-order valence-corrected chi connectivity index (χ4v) is 3.84. The van der Waals surface area contributed by atoms with Crippen LogP contribution in [0.25, 0.3) is 10.9 Å². The molecule has 3 heterocycles. The van der Waals surface area contributed by atoms with Crippen molar-refractivity contribution < 1.29 is 14.3 Å². The third kappa shape index (κ3) is 3.39. The summed E-state index contributed by atoms with van der Waals surface area (Å²) in [5.41, 5.74) is 2.52. The Morgan fingerprint density at radius 3 is 2.65 bits per heavy atom. The van der Waals surface area contributed by atoms with Crippen LogP contribution in [0.2, 0.25) is 0 Å². The molecule has 2 aliphatic heterocycles. The highest BCUT2D eigenvalue weighted by molar-refractivity contribution is 5.80. The zero-order valence-electron chi connectivity index (χ0n) is 15.0. The number of aromatic amines is 1. The van der Waals surface area contributed by atoms with E-state index in [4.69, 9.17) is 9.47 Å². The average Bonchev–Trinajstić information content (AvgIpc) is 3.08. The molecule has 0 aliphatic carbocycles. The van der Waals surface area contributed by atoms with Crippen molar-refractivity contribution in [2.24, 2.45) is 0 Å². The number of benzene rings is 1. The highest BCUT2D eigenvalue weighted by Gasteiger charge is 2.40. The van der Waals surface area contributed by atoms with E-state index >= 15 is 0 Å². The molecule has 2 fully saturated rings. The number of pyridine rings is 1. The summed E-state index contributed by atoms with van der Waals surface area (Å²) in [5, 5.41) is 1.00. The van der Waals surface area contributed by atoms with Gasteiger partial charge in [-0.2, -0.15) is 0 Å². The lowest BCUT2D eigenvalue weighted by Crippen LogP contribution is -2.47. The van der Waals surface area contributed by atoms with E-state index < -0.39 is 5.79 Å². The first kappa shape index (κ1) is 17.2. The summed E-state index contributed by atoms with van der Waals surface area (Å²) >= 11 is 0. The lowest BCUT2D eigenvalue weighted by Gasteiger charge is -2.37. The van der Waals surface area contributed by atoms with Gasteiger partial charge in [-0.3, -0.25) is 9.59 Å². The van der Waals surface area contributed by atoms with Crippen LogP contribution in [-0.2, 0) is 20.7 Å². The largest absolute Gasteiger partial charge is 0.347 e. The maximum Gasteiger partial charge on any atom is 0.251 e. The number of nitrogens with zero attached hydrogens (tertiary/aromatic N) is 1. The Morgan fingerprint density at radius 2 is 1.92 bits per heavy atom. The van der Waals surface area contributed by atoms with Crippen LogP contribution in [0.1, 0.15) is 30.4 Å². The number of carbonyl (C=O) groups is 1. The second-order valence-electron chi connectivity index (χ2n) is 7.20. The molecule has 0 saturated carbocycles. The van der Waals surface area contributed by atoms with E-state index in [-0.39, 0.29) is 11.5 Å². The SMILES string of the molecule is Cc1ccc2[nH]c(=O)c(CCC(=O)N3CCC4(CC3)OCCO4)cc2c1. The van der Waals surface area contributed by atoms with Gasteiger partial charge in [-0.25, -0.2) is 0 Å². The molecule has 0 radical (unpaired) electrons. The number of likely N-dealkylation sites (tertiary alicyclic amines) is 1. The van der Waals surface area contributed by atoms with Crippen LogP contribution >= 0.6 is 0 Å². The molecule has 1 aromatic heterocycles. The minimum atomic E-state index is -0.468. The Labute approximate surface area is 152 Å². The van der Waals surface area contributed by atoms with Gasteiger partial charge in [0.1, 0.15) is 0 Å². The molecule has 1 amide bonds. The number of hydrogen-bond donors (Lipinski definition) is 1. The Bertz CT molecular complexity index is 873. The van der Waals surface area contributed by atoms with E-state index in [1.807, 2.05) is 36.1 Å². The molecule has 1 spiro atoms. The normalized spacial score (nSPS) is 19.3. The van der Waals surface area contributed by atoms with E-state index in [0.29, 0.717) is 57.6 Å². The molecule has 4 rings (SSSR count). The standard InChI is InChI=1S/C20H24N2O4/c1-14-2-4-17-16(12-14)13-15(19(24)21-17)3-5-18(23)22-8-6-20(7-9-22)25-10-11-26-20/h2,4,12-13H,3,5-11H2,1H3,(H,21,24). The van der Waals surface area contributed by atoms with E-state index in [1.54, 1.807) is 0 Å². The molecule has 6 heteroatoms. The number of hydrogen-bond acceptors (Lipinski definition) is 4. The van der Waals surface area contributed by atoms with Gasteiger partial charge >= 0.3 is 0 Å². The zero-order chi connectivity index (χ0) is 18.1. The zero-order valence-corrected chi connectivity index (χ0v) is 15.0. The third-order valence-corrected chi connectivity index (χ3v) is 5.38. The summed E-state index contributed by atoms with van der Waals surface area (Å²) in [7, 11) is 0. The van der Waals surface area contributed by atoms with E-state index in [1.165, 1.54) is 0 Å². The summed E-state index contributed by atoms with van der Waals surface area (Å²) in [6.45, 7) is 4.59. The summed E-state index contributed by atoms with van der Waals surface area (Å²) in [6.07, 6.45) is 2.23. The monoisotopic (exact) mass is 356 g/mol. The fraction of sp³-hybridized carbons (Fsp3) is 0.500. The number of piperidine rings is 1. The van der Waals surface area contributed by atoms with Gasteiger partial charge in [0.15, 0.2) is 5.79 Å². The second kappa shape index (κ2) is 6.85. The van der Waals surface area contributed by atoms with Crippen LogP contribution in [0.15, 0.2) is 29.1 Å². The van der Waals surface area contributed by atoms with Gasteiger partial charge in [-0.05, 0) is 36.9 Å². The minimum Gasteiger partial charge on any atom is -0.347 e. The van der Waals surface area contributed by atoms with Crippen LogP contribution in [-0.4, -0.2) is 47.9 Å². The predicted octanol–water partition coefficient (Wildman–Crippen LogP) is 2.13. The summed E-state index contributed by atoms with van der Waals surface area (Å²) in [6, 6.07) is 7.84. The first-order valence-electron chi connectivity index (χ1n) is 9.23. The molecular formula is C20H24N2O4. The maximum absolute atomic E-state index is 12.5.